The summed E-state index contributed by atoms with van der Waals surface area (Å²) in [6.07, 6.45) is 1.70. The molecule has 0 saturated carbocycles. The Labute approximate surface area is 78.6 Å². The zero-order chi connectivity index (χ0) is 9.52. The second-order valence-electron chi connectivity index (χ2n) is 3.33. The number of nitriles is 1. The Morgan fingerprint density at radius 2 is 2.54 bits per heavy atom. The second-order valence-corrected chi connectivity index (χ2v) is 3.33. The van der Waals surface area contributed by atoms with Gasteiger partial charge in [-0.2, -0.15) is 5.26 Å². The fourth-order valence-corrected chi connectivity index (χ4v) is 1.24. The van der Waals surface area contributed by atoms with Gasteiger partial charge in [-0.3, -0.25) is 0 Å². The number of ether oxygens (including phenoxy) is 2. The minimum absolute atomic E-state index is 0.389. The zero-order valence-electron chi connectivity index (χ0n) is 7.74. The fourth-order valence-electron chi connectivity index (χ4n) is 1.24. The molecule has 2 N–H and O–H groups in total. The van der Waals surface area contributed by atoms with Crippen molar-refractivity contribution >= 4 is 0 Å². The first-order valence-electron chi connectivity index (χ1n) is 4.63. The molecule has 74 valence electrons. The number of nitrogens with two attached hydrogens (primary N) is 1. The van der Waals surface area contributed by atoms with Crippen LogP contribution in [0, 0.1) is 17.2 Å². The lowest BCUT2D eigenvalue weighted by Gasteiger charge is -2.08. The van der Waals surface area contributed by atoms with E-state index in [-0.39, 0.29) is 6.04 Å². The largest absolute Gasteiger partial charge is 0.381 e. The van der Waals surface area contributed by atoms with Gasteiger partial charge in [-0.1, -0.05) is 0 Å². The molecule has 1 heterocycles. The lowest BCUT2D eigenvalue weighted by atomic mass is 10.1. The molecule has 0 aromatic rings. The van der Waals surface area contributed by atoms with Crippen molar-refractivity contribution in [3.63, 3.8) is 0 Å². The molecule has 13 heavy (non-hydrogen) atoms. The number of rotatable bonds is 5. The predicted molar refractivity (Wildman–Crippen MR) is 48.0 cm³/mol. The first-order valence-corrected chi connectivity index (χ1v) is 4.63. The maximum Gasteiger partial charge on any atom is 0.0950 e. The molecule has 0 aliphatic carbocycles. The highest BCUT2D eigenvalue weighted by Gasteiger charge is 2.15. The summed E-state index contributed by atoms with van der Waals surface area (Å²) in [6.45, 7) is 2.97. The van der Waals surface area contributed by atoms with Gasteiger partial charge in [-0.05, 0) is 12.8 Å². The fraction of sp³-hybridized carbons (Fsp3) is 0.889. The Balaban J connectivity index is 1.92. The van der Waals surface area contributed by atoms with E-state index >= 15 is 0 Å². The van der Waals surface area contributed by atoms with E-state index in [0.717, 1.165) is 26.2 Å². The van der Waals surface area contributed by atoms with Gasteiger partial charge in [0, 0.05) is 19.1 Å². The normalized spacial score (nSPS) is 24.2. The molecule has 0 amide bonds. The van der Waals surface area contributed by atoms with Crippen molar-refractivity contribution in [1.82, 2.24) is 0 Å². The Hall–Kier alpha value is -0.630. The van der Waals surface area contributed by atoms with Crippen LogP contribution in [0.5, 0.6) is 0 Å². The first kappa shape index (κ1) is 10.5. The van der Waals surface area contributed by atoms with Crippen molar-refractivity contribution in [3.8, 4) is 6.07 Å². The van der Waals surface area contributed by atoms with Gasteiger partial charge in [-0.15, -0.1) is 0 Å². The molecular weight excluding hydrogens is 168 g/mol. The number of nitrogens with zero attached hydrogens (tertiary/aromatic N) is 1. The highest BCUT2D eigenvalue weighted by atomic mass is 16.5. The van der Waals surface area contributed by atoms with E-state index in [4.69, 9.17) is 20.5 Å². The molecule has 1 aliphatic heterocycles. The lowest BCUT2D eigenvalue weighted by Crippen LogP contribution is -2.20. The molecule has 1 aliphatic rings. The topological polar surface area (TPSA) is 68.3 Å². The third kappa shape index (κ3) is 4.23. The van der Waals surface area contributed by atoms with Gasteiger partial charge in [0.1, 0.15) is 0 Å². The highest BCUT2D eigenvalue weighted by Crippen LogP contribution is 2.12. The minimum Gasteiger partial charge on any atom is -0.381 e. The molecule has 2 unspecified atom stereocenters. The van der Waals surface area contributed by atoms with Gasteiger partial charge < -0.3 is 15.2 Å². The number of hydrogen-bond acceptors (Lipinski definition) is 4. The smallest absolute Gasteiger partial charge is 0.0950 e. The Bertz CT molecular complexity index is 173. The lowest BCUT2D eigenvalue weighted by molar-refractivity contribution is 0.0873. The average Bonchev–Trinajstić information content (AvgIpc) is 2.64. The van der Waals surface area contributed by atoms with E-state index in [9.17, 15) is 0 Å². The van der Waals surface area contributed by atoms with Crippen LogP contribution in [0.25, 0.3) is 0 Å². The molecule has 0 spiro atoms. The average molecular weight is 184 g/mol. The van der Waals surface area contributed by atoms with Crippen LogP contribution in [0.2, 0.25) is 0 Å². The van der Waals surface area contributed by atoms with E-state index < -0.39 is 0 Å². The molecule has 1 fully saturated rings. The van der Waals surface area contributed by atoms with Crippen LogP contribution in [0.4, 0.5) is 0 Å². The summed E-state index contributed by atoms with van der Waals surface area (Å²) >= 11 is 0. The van der Waals surface area contributed by atoms with Crippen LogP contribution < -0.4 is 5.73 Å². The maximum atomic E-state index is 8.40. The van der Waals surface area contributed by atoms with Gasteiger partial charge in [0.05, 0.1) is 25.3 Å². The van der Waals surface area contributed by atoms with E-state index in [1.165, 1.54) is 0 Å². The quantitative estimate of drug-likeness (QED) is 0.623. The molecule has 0 aromatic carbocycles. The summed E-state index contributed by atoms with van der Waals surface area (Å²) in [6, 6.07) is 1.58. The van der Waals surface area contributed by atoms with Crippen LogP contribution in [-0.4, -0.2) is 32.5 Å². The van der Waals surface area contributed by atoms with Gasteiger partial charge in [0.25, 0.3) is 0 Å². The summed E-state index contributed by atoms with van der Waals surface area (Å²) in [5.74, 6) is 0.540. The van der Waals surface area contributed by atoms with Crippen molar-refractivity contribution in [2.24, 2.45) is 11.7 Å². The van der Waals surface area contributed by atoms with E-state index in [0.29, 0.717) is 18.9 Å². The van der Waals surface area contributed by atoms with Crippen LogP contribution in [0.3, 0.4) is 0 Å². The summed E-state index contributed by atoms with van der Waals surface area (Å²) < 4.78 is 10.6. The summed E-state index contributed by atoms with van der Waals surface area (Å²) in [7, 11) is 0. The Morgan fingerprint density at radius 3 is 3.15 bits per heavy atom. The highest BCUT2D eigenvalue weighted by molar-refractivity contribution is 4.85. The van der Waals surface area contributed by atoms with Crippen molar-refractivity contribution < 1.29 is 9.47 Å². The standard InChI is InChI=1S/C9H16N2O2/c10-5-9(11)2-4-13-7-8-1-3-12-6-8/h8-9H,1-4,6-7,11H2. The number of hydrogen-bond donors (Lipinski definition) is 1. The Kier molecular flexibility index (Phi) is 4.76. The molecule has 0 bridgehead atoms. The van der Waals surface area contributed by atoms with E-state index in [1.807, 2.05) is 6.07 Å². The predicted octanol–water partition coefficient (Wildman–Crippen LogP) is 0.280. The first-order chi connectivity index (χ1) is 6.33. The van der Waals surface area contributed by atoms with Crippen LogP contribution in [0.1, 0.15) is 12.8 Å². The van der Waals surface area contributed by atoms with Gasteiger partial charge >= 0.3 is 0 Å². The monoisotopic (exact) mass is 184 g/mol. The van der Waals surface area contributed by atoms with Crippen LogP contribution >= 0.6 is 0 Å². The molecule has 1 saturated heterocycles. The van der Waals surface area contributed by atoms with Crippen molar-refractivity contribution in [1.29, 1.82) is 5.26 Å². The van der Waals surface area contributed by atoms with Crippen molar-refractivity contribution in [3.05, 3.63) is 0 Å². The van der Waals surface area contributed by atoms with Gasteiger partial charge in [0.2, 0.25) is 0 Å². The van der Waals surface area contributed by atoms with E-state index in [2.05, 4.69) is 0 Å². The Morgan fingerprint density at radius 1 is 1.69 bits per heavy atom. The zero-order valence-corrected chi connectivity index (χ0v) is 7.74. The van der Waals surface area contributed by atoms with Gasteiger partial charge in [0.15, 0.2) is 0 Å². The van der Waals surface area contributed by atoms with E-state index in [1.54, 1.807) is 0 Å². The third-order valence-corrected chi connectivity index (χ3v) is 2.12. The SMILES string of the molecule is N#CC(N)CCOCC1CCOC1. The molecule has 4 nitrogen and oxygen atoms in total. The van der Waals surface area contributed by atoms with Crippen LogP contribution in [-0.2, 0) is 9.47 Å². The maximum absolute atomic E-state index is 8.40. The molecule has 0 aromatic heterocycles. The molecule has 2 atom stereocenters. The molecule has 4 heteroatoms. The van der Waals surface area contributed by atoms with Crippen LogP contribution in [0.15, 0.2) is 0 Å². The summed E-state index contributed by atoms with van der Waals surface area (Å²) in [5, 5.41) is 8.40. The molecule has 0 radical (unpaired) electrons. The molecule has 1 rings (SSSR count). The van der Waals surface area contributed by atoms with Gasteiger partial charge in [-0.25, -0.2) is 0 Å². The summed E-state index contributed by atoms with van der Waals surface area (Å²) in [5.41, 5.74) is 5.40. The third-order valence-electron chi connectivity index (χ3n) is 2.12. The summed E-state index contributed by atoms with van der Waals surface area (Å²) in [4.78, 5) is 0. The minimum atomic E-state index is -0.389. The van der Waals surface area contributed by atoms with Crippen molar-refractivity contribution in [2.45, 2.75) is 18.9 Å². The molecular formula is C9H16N2O2. The second kappa shape index (κ2) is 5.92. The van der Waals surface area contributed by atoms with Crippen molar-refractivity contribution in [2.75, 3.05) is 26.4 Å².